The first-order valence-corrected chi connectivity index (χ1v) is 9.69. The molecule has 0 radical (unpaired) electrons. The van der Waals surface area contributed by atoms with Crippen LogP contribution in [0.4, 0.5) is 4.79 Å². The maximum atomic E-state index is 12.7. The fourth-order valence-corrected chi connectivity index (χ4v) is 2.85. The lowest BCUT2D eigenvalue weighted by Crippen LogP contribution is -2.48. The van der Waals surface area contributed by atoms with Gasteiger partial charge in [0.1, 0.15) is 22.2 Å². The van der Waals surface area contributed by atoms with Crippen LogP contribution in [0.25, 0.3) is 11.0 Å². The molecule has 158 valence electrons. The van der Waals surface area contributed by atoms with Gasteiger partial charge in [0.2, 0.25) is 0 Å². The maximum absolute atomic E-state index is 12.7. The highest BCUT2D eigenvalue weighted by atomic mass is 35.5. The number of fused-ring (bicyclic) bond motifs is 1. The second-order valence-electron chi connectivity index (χ2n) is 7.90. The van der Waals surface area contributed by atoms with Crippen molar-refractivity contribution in [3.05, 3.63) is 38.2 Å². The van der Waals surface area contributed by atoms with E-state index in [4.69, 9.17) is 37.1 Å². The van der Waals surface area contributed by atoms with Gasteiger partial charge in [0, 0.05) is 11.5 Å². The molecule has 1 N–H and O–H groups in total. The number of alkyl carbamates (subject to hydrolysis) is 1. The maximum Gasteiger partial charge on any atom is 0.408 e. The summed E-state index contributed by atoms with van der Waals surface area (Å²) < 4.78 is 15.7. The molecule has 2 rings (SSSR count). The van der Waals surface area contributed by atoms with Crippen LogP contribution in [0.3, 0.4) is 0 Å². The SMILES string of the molecule is Cc1c(Cl)c(=O)oc2cc(OC(=O)C(NC(=O)OC(C)(C)C)C(C)C)c(Cl)cc12. The highest BCUT2D eigenvalue weighted by Crippen LogP contribution is 2.33. The fraction of sp³-hybridized carbons (Fsp3) is 0.450. The van der Waals surface area contributed by atoms with Crippen molar-refractivity contribution in [2.75, 3.05) is 0 Å². The van der Waals surface area contributed by atoms with Crippen molar-refractivity contribution in [1.82, 2.24) is 5.32 Å². The van der Waals surface area contributed by atoms with Crippen LogP contribution >= 0.6 is 23.2 Å². The van der Waals surface area contributed by atoms with Crippen molar-refractivity contribution < 1.29 is 23.5 Å². The Morgan fingerprint density at radius 3 is 2.34 bits per heavy atom. The highest BCUT2D eigenvalue weighted by Gasteiger charge is 2.29. The molecule has 0 bridgehead atoms. The predicted molar refractivity (Wildman–Crippen MR) is 111 cm³/mol. The zero-order valence-corrected chi connectivity index (χ0v) is 18.5. The van der Waals surface area contributed by atoms with Gasteiger partial charge in [0.25, 0.3) is 0 Å². The molecule has 0 saturated heterocycles. The number of carbonyl (C=O) groups is 2. The number of hydrogen-bond donors (Lipinski definition) is 1. The van der Waals surface area contributed by atoms with Gasteiger partial charge in [-0.05, 0) is 45.2 Å². The molecule has 0 aliphatic rings. The number of aryl methyl sites for hydroxylation is 1. The van der Waals surface area contributed by atoms with Crippen molar-refractivity contribution >= 4 is 46.2 Å². The number of hydrogen-bond acceptors (Lipinski definition) is 6. The summed E-state index contributed by atoms with van der Waals surface area (Å²) in [7, 11) is 0. The van der Waals surface area contributed by atoms with Crippen LogP contribution in [0.2, 0.25) is 10.0 Å². The van der Waals surface area contributed by atoms with Crippen molar-refractivity contribution in [2.45, 2.75) is 53.2 Å². The van der Waals surface area contributed by atoms with E-state index < -0.39 is 29.3 Å². The first-order chi connectivity index (χ1) is 13.3. The Kier molecular flexibility index (Phi) is 6.86. The van der Waals surface area contributed by atoms with E-state index in [-0.39, 0.29) is 27.3 Å². The number of amides is 1. The molecule has 0 spiro atoms. The van der Waals surface area contributed by atoms with Crippen LogP contribution in [-0.2, 0) is 9.53 Å². The van der Waals surface area contributed by atoms with E-state index in [2.05, 4.69) is 5.32 Å². The van der Waals surface area contributed by atoms with Gasteiger partial charge in [0.05, 0.1) is 5.02 Å². The van der Waals surface area contributed by atoms with Gasteiger partial charge in [-0.15, -0.1) is 0 Å². The average Bonchev–Trinajstić information content (AvgIpc) is 2.57. The summed E-state index contributed by atoms with van der Waals surface area (Å²) >= 11 is 12.2. The number of halogens is 2. The minimum Gasteiger partial charge on any atom is -0.444 e. The molecular formula is C20H23Cl2NO6. The Bertz CT molecular complexity index is 1010. The number of rotatable bonds is 4. The Morgan fingerprint density at radius 1 is 1.17 bits per heavy atom. The van der Waals surface area contributed by atoms with Gasteiger partial charge in [0.15, 0.2) is 5.75 Å². The second kappa shape index (κ2) is 8.63. The number of ether oxygens (including phenoxy) is 2. The van der Waals surface area contributed by atoms with E-state index in [1.54, 1.807) is 41.5 Å². The molecule has 9 heteroatoms. The minimum absolute atomic E-state index is 0.00863. The average molecular weight is 444 g/mol. The normalized spacial score (nSPS) is 12.7. The summed E-state index contributed by atoms with van der Waals surface area (Å²) in [6.07, 6.45) is -0.742. The Morgan fingerprint density at radius 2 is 1.79 bits per heavy atom. The van der Waals surface area contributed by atoms with Gasteiger partial charge >= 0.3 is 17.7 Å². The van der Waals surface area contributed by atoms with Crippen molar-refractivity contribution in [1.29, 1.82) is 0 Å². The first kappa shape index (κ1) is 23.0. The second-order valence-corrected chi connectivity index (χ2v) is 8.68. The molecule has 0 aliphatic carbocycles. The Balaban J connectivity index is 2.30. The molecule has 1 aromatic carbocycles. The lowest BCUT2D eigenvalue weighted by molar-refractivity contribution is -0.137. The third-order valence-corrected chi connectivity index (χ3v) is 4.69. The first-order valence-electron chi connectivity index (χ1n) is 8.94. The zero-order chi connectivity index (χ0) is 22.1. The van der Waals surface area contributed by atoms with Gasteiger partial charge in [-0.1, -0.05) is 37.0 Å². The molecule has 1 unspecified atom stereocenters. The summed E-state index contributed by atoms with van der Waals surface area (Å²) in [5.41, 5.74) is -0.744. The van der Waals surface area contributed by atoms with Crippen molar-refractivity contribution in [2.24, 2.45) is 5.92 Å². The molecule has 0 fully saturated rings. The third-order valence-electron chi connectivity index (χ3n) is 3.95. The summed E-state index contributed by atoms with van der Waals surface area (Å²) in [4.78, 5) is 36.5. The summed E-state index contributed by atoms with van der Waals surface area (Å²) in [5.74, 6) is -1.03. The Hall–Kier alpha value is -2.25. The fourth-order valence-electron chi connectivity index (χ4n) is 2.51. The number of benzene rings is 1. The van der Waals surface area contributed by atoms with Crippen LogP contribution in [0.1, 0.15) is 40.2 Å². The van der Waals surface area contributed by atoms with E-state index in [1.165, 1.54) is 12.1 Å². The largest absolute Gasteiger partial charge is 0.444 e. The smallest absolute Gasteiger partial charge is 0.408 e. The van der Waals surface area contributed by atoms with Crippen molar-refractivity contribution in [3.63, 3.8) is 0 Å². The summed E-state index contributed by atoms with van der Waals surface area (Å²) in [6, 6.07) is 1.86. The van der Waals surface area contributed by atoms with Gasteiger partial charge < -0.3 is 19.2 Å². The quantitative estimate of drug-likeness (QED) is 0.411. The molecular weight excluding hydrogens is 421 g/mol. The molecule has 2 aromatic rings. The van der Waals surface area contributed by atoms with E-state index in [0.29, 0.717) is 10.9 Å². The van der Waals surface area contributed by atoms with Crippen LogP contribution in [-0.4, -0.2) is 23.7 Å². The van der Waals surface area contributed by atoms with E-state index in [9.17, 15) is 14.4 Å². The molecule has 0 aliphatic heterocycles. The predicted octanol–water partition coefficient (Wildman–Crippen LogP) is 4.86. The van der Waals surface area contributed by atoms with Gasteiger partial charge in [-0.3, -0.25) is 0 Å². The molecule has 1 amide bonds. The molecule has 1 heterocycles. The Labute approximate surface area is 178 Å². The summed E-state index contributed by atoms with van der Waals surface area (Å²) in [6.45, 7) is 10.3. The third kappa shape index (κ3) is 5.64. The monoisotopic (exact) mass is 443 g/mol. The van der Waals surface area contributed by atoms with E-state index in [1.807, 2.05) is 0 Å². The topological polar surface area (TPSA) is 94.8 Å². The molecule has 1 aromatic heterocycles. The number of esters is 1. The number of carbonyl (C=O) groups excluding carboxylic acids is 2. The summed E-state index contributed by atoms with van der Waals surface area (Å²) in [5, 5.41) is 3.11. The lowest BCUT2D eigenvalue weighted by atomic mass is 10.1. The molecule has 0 saturated carbocycles. The lowest BCUT2D eigenvalue weighted by Gasteiger charge is -2.24. The van der Waals surface area contributed by atoms with Crippen LogP contribution in [0.15, 0.2) is 21.3 Å². The highest BCUT2D eigenvalue weighted by molar-refractivity contribution is 6.34. The zero-order valence-electron chi connectivity index (χ0n) is 17.0. The minimum atomic E-state index is -0.976. The molecule has 29 heavy (non-hydrogen) atoms. The van der Waals surface area contributed by atoms with Crippen LogP contribution in [0.5, 0.6) is 5.75 Å². The molecule has 7 nitrogen and oxygen atoms in total. The van der Waals surface area contributed by atoms with E-state index >= 15 is 0 Å². The van der Waals surface area contributed by atoms with Gasteiger partial charge in [-0.2, -0.15) is 0 Å². The van der Waals surface area contributed by atoms with Crippen LogP contribution < -0.4 is 15.7 Å². The standard InChI is InChI=1S/C20H23Cl2NO6/c1-9(2)16(23-19(26)29-20(4,5)6)18(25)28-14-8-13-11(7-12(14)21)10(3)15(22)17(24)27-13/h7-9,16H,1-6H3,(H,23,26). The van der Waals surface area contributed by atoms with Gasteiger partial charge in [-0.25, -0.2) is 14.4 Å². The van der Waals surface area contributed by atoms with Crippen LogP contribution in [0, 0.1) is 12.8 Å². The molecule has 1 atom stereocenters. The van der Waals surface area contributed by atoms with Crippen molar-refractivity contribution in [3.8, 4) is 5.75 Å². The van der Waals surface area contributed by atoms with E-state index in [0.717, 1.165) is 0 Å². The number of nitrogens with one attached hydrogen (secondary N) is 1.